The van der Waals surface area contributed by atoms with E-state index in [0.29, 0.717) is 47.6 Å². The van der Waals surface area contributed by atoms with E-state index >= 15 is 0 Å². The number of ether oxygens (including phenoxy) is 1. The number of nitrogens with one attached hydrogen (secondary N) is 3. The van der Waals surface area contributed by atoms with Crippen molar-refractivity contribution < 1.29 is 14.3 Å². The number of aromatic nitrogens is 2. The summed E-state index contributed by atoms with van der Waals surface area (Å²) in [5, 5.41) is 9.67. The van der Waals surface area contributed by atoms with Gasteiger partial charge in [0.15, 0.2) is 5.82 Å². The fourth-order valence-corrected chi connectivity index (χ4v) is 5.80. The van der Waals surface area contributed by atoms with Gasteiger partial charge in [-0.05, 0) is 50.4 Å². The van der Waals surface area contributed by atoms with Crippen molar-refractivity contribution in [2.24, 2.45) is 5.92 Å². The molecule has 0 radical (unpaired) electrons. The summed E-state index contributed by atoms with van der Waals surface area (Å²) in [6.45, 7) is 2.30. The highest BCUT2D eigenvalue weighted by molar-refractivity contribution is 5.99. The van der Waals surface area contributed by atoms with E-state index in [-0.39, 0.29) is 23.8 Å². The molecule has 206 valence electrons. The standard InChI is InChI=1S/C29H37N7O3/c1-4-8-20-18-36(22-10-5-6-11-22)26-24(35(2)28(20)38)17-31-29(34-26)33-23-13-12-19(15-25(23)39-3)27(37)32-21-9-7-14-30-16-21/h1,12-13,15,17,20-22,30H,5-11,14,16,18H2,2-3H3,(H,32,37)(H,31,33,34)/t20?,21-/m1/s1. The molecule has 2 amide bonds. The molecule has 3 heterocycles. The van der Waals surface area contributed by atoms with Crippen LogP contribution < -0.4 is 30.5 Å². The Kier molecular flexibility index (Phi) is 8.17. The van der Waals surface area contributed by atoms with Crippen LogP contribution >= 0.6 is 0 Å². The first-order chi connectivity index (χ1) is 19.0. The Morgan fingerprint density at radius 1 is 1.26 bits per heavy atom. The summed E-state index contributed by atoms with van der Waals surface area (Å²) in [5.41, 5.74) is 1.84. The van der Waals surface area contributed by atoms with E-state index in [2.05, 4.69) is 31.8 Å². The number of amides is 2. The second-order valence-electron chi connectivity index (χ2n) is 10.6. The van der Waals surface area contributed by atoms with Gasteiger partial charge in [0.25, 0.3) is 5.91 Å². The average Bonchev–Trinajstić information content (AvgIpc) is 3.47. The summed E-state index contributed by atoms with van der Waals surface area (Å²) in [6.07, 6.45) is 14.1. The molecule has 1 aromatic heterocycles. The van der Waals surface area contributed by atoms with Gasteiger partial charge in [-0.25, -0.2) is 4.98 Å². The summed E-state index contributed by atoms with van der Waals surface area (Å²) in [4.78, 5) is 39.4. The lowest BCUT2D eigenvalue weighted by Gasteiger charge is -2.31. The first-order valence-electron chi connectivity index (χ1n) is 13.8. The van der Waals surface area contributed by atoms with E-state index < -0.39 is 0 Å². The maximum atomic E-state index is 13.2. The van der Waals surface area contributed by atoms with Gasteiger partial charge >= 0.3 is 0 Å². The molecule has 1 aromatic carbocycles. The highest BCUT2D eigenvalue weighted by Crippen LogP contribution is 2.38. The molecule has 0 spiro atoms. The third-order valence-corrected chi connectivity index (χ3v) is 7.95. The van der Waals surface area contributed by atoms with E-state index in [1.807, 2.05) is 0 Å². The summed E-state index contributed by atoms with van der Waals surface area (Å²) in [6, 6.07) is 5.71. The molecule has 10 nitrogen and oxygen atoms in total. The largest absolute Gasteiger partial charge is 0.495 e. The van der Waals surface area contributed by atoms with Crippen molar-refractivity contribution in [2.45, 2.75) is 57.0 Å². The Morgan fingerprint density at radius 2 is 2.08 bits per heavy atom. The lowest BCUT2D eigenvalue weighted by Crippen LogP contribution is -2.45. The van der Waals surface area contributed by atoms with Gasteiger partial charge in [-0.3, -0.25) is 9.59 Å². The summed E-state index contributed by atoms with van der Waals surface area (Å²) in [5.74, 6) is 3.86. The molecule has 2 aromatic rings. The molecule has 1 saturated heterocycles. The van der Waals surface area contributed by atoms with Crippen LogP contribution in [0.1, 0.15) is 55.3 Å². The second kappa shape index (κ2) is 11.9. The van der Waals surface area contributed by atoms with Gasteiger partial charge in [-0.1, -0.05) is 12.8 Å². The molecule has 10 heteroatoms. The second-order valence-corrected chi connectivity index (χ2v) is 10.6. The number of anilines is 4. The number of rotatable bonds is 7. The number of benzene rings is 1. The van der Waals surface area contributed by atoms with Crippen LogP contribution in [0.15, 0.2) is 24.4 Å². The number of hydrogen-bond donors (Lipinski definition) is 3. The van der Waals surface area contributed by atoms with Crippen molar-refractivity contribution in [3.8, 4) is 18.1 Å². The number of hydrogen-bond acceptors (Lipinski definition) is 8. The van der Waals surface area contributed by atoms with Gasteiger partial charge in [0.1, 0.15) is 11.4 Å². The van der Waals surface area contributed by atoms with Crippen LogP contribution in [-0.4, -0.2) is 67.7 Å². The van der Waals surface area contributed by atoms with Crippen molar-refractivity contribution in [3.05, 3.63) is 30.0 Å². The van der Waals surface area contributed by atoms with Gasteiger partial charge in [-0.2, -0.15) is 4.98 Å². The predicted octanol–water partition coefficient (Wildman–Crippen LogP) is 3.08. The minimum atomic E-state index is -0.297. The van der Waals surface area contributed by atoms with Crippen LogP contribution in [0.25, 0.3) is 0 Å². The van der Waals surface area contributed by atoms with E-state index in [0.717, 1.165) is 57.4 Å². The molecule has 1 aliphatic carbocycles. The van der Waals surface area contributed by atoms with E-state index in [1.165, 1.54) is 0 Å². The summed E-state index contributed by atoms with van der Waals surface area (Å²) >= 11 is 0. The van der Waals surface area contributed by atoms with Gasteiger partial charge in [-0.15, -0.1) is 12.3 Å². The monoisotopic (exact) mass is 531 g/mol. The molecular weight excluding hydrogens is 494 g/mol. The third-order valence-electron chi connectivity index (χ3n) is 7.95. The lowest BCUT2D eigenvalue weighted by molar-refractivity contribution is -0.121. The van der Waals surface area contributed by atoms with E-state index in [4.69, 9.17) is 16.1 Å². The fourth-order valence-electron chi connectivity index (χ4n) is 5.80. The van der Waals surface area contributed by atoms with Gasteiger partial charge in [0, 0.05) is 44.2 Å². The zero-order valence-electron chi connectivity index (χ0n) is 22.7. The minimum absolute atomic E-state index is 0.0152. The zero-order chi connectivity index (χ0) is 27.4. The van der Waals surface area contributed by atoms with E-state index in [1.54, 1.807) is 43.5 Å². The highest BCUT2D eigenvalue weighted by atomic mass is 16.5. The van der Waals surface area contributed by atoms with Crippen molar-refractivity contribution in [1.82, 2.24) is 20.6 Å². The molecule has 2 aliphatic heterocycles. The maximum Gasteiger partial charge on any atom is 0.251 e. The number of nitrogens with zero attached hydrogens (tertiary/aromatic N) is 4. The van der Waals surface area contributed by atoms with Crippen molar-refractivity contribution >= 4 is 35.0 Å². The Bertz CT molecular complexity index is 1250. The number of carbonyl (C=O) groups is 2. The smallest absolute Gasteiger partial charge is 0.251 e. The Balaban J connectivity index is 1.40. The number of carbonyl (C=O) groups excluding carboxylic acids is 2. The predicted molar refractivity (Wildman–Crippen MR) is 152 cm³/mol. The minimum Gasteiger partial charge on any atom is -0.495 e. The molecule has 1 unspecified atom stereocenters. The molecule has 2 fully saturated rings. The molecule has 2 atom stereocenters. The molecule has 39 heavy (non-hydrogen) atoms. The number of fused-ring (bicyclic) bond motifs is 1. The van der Waals surface area contributed by atoms with Crippen molar-refractivity contribution in [1.29, 1.82) is 0 Å². The van der Waals surface area contributed by atoms with Crippen molar-refractivity contribution in [3.63, 3.8) is 0 Å². The van der Waals surface area contributed by atoms with Crippen LogP contribution in [0, 0.1) is 18.3 Å². The van der Waals surface area contributed by atoms with Crippen LogP contribution in [0.4, 0.5) is 23.1 Å². The number of terminal acetylenes is 1. The van der Waals surface area contributed by atoms with Gasteiger partial charge in [0.2, 0.25) is 11.9 Å². The van der Waals surface area contributed by atoms with Crippen LogP contribution in [0.5, 0.6) is 5.75 Å². The SMILES string of the molecule is C#CCC1CN(C2CCCC2)c2nc(Nc3ccc(C(=O)N[C@@H]4CCCNC4)cc3OC)ncc2N(C)C1=O. The number of methoxy groups -OCH3 is 1. The Morgan fingerprint density at radius 3 is 2.79 bits per heavy atom. The molecule has 3 aliphatic rings. The Hall–Kier alpha value is -3.84. The average molecular weight is 532 g/mol. The maximum absolute atomic E-state index is 13.2. The molecule has 5 rings (SSSR count). The van der Waals surface area contributed by atoms with Gasteiger partial charge in [0.05, 0.1) is 24.9 Å². The fraction of sp³-hybridized carbons (Fsp3) is 0.517. The van der Waals surface area contributed by atoms with Crippen molar-refractivity contribution in [2.75, 3.05) is 48.9 Å². The zero-order valence-corrected chi connectivity index (χ0v) is 22.7. The topological polar surface area (TPSA) is 112 Å². The summed E-state index contributed by atoms with van der Waals surface area (Å²) < 4.78 is 5.61. The molecule has 0 bridgehead atoms. The first kappa shape index (κ1) is 26.8. The molecular formula is C29H37N7O3. The van der Waals surface area contributed by atoms with Crippen LogP contribution in [0.3, 0.4) is 0 Å². The van der Waals surface area contributed by atoms with E-state index in [9.17, 15) is 9.59 Å². The molecule has 1 saturated carbocycles. The number of piperidine rings is 1. The normalized spacial score (nSPS) is 21.6. The lowest BCUT2D eigenvalue weighted by atomic mass is 10.0. The van der Waals surface area contributed by atoms with Crippen LogP contribution in [-0.2, 0) is 4.79 Å². The molecule has 3 N–H and O–H groups in total. The third kappa shape index (κ3) is 5.78. The van der Waals surface area contributed by atoms with Crippen LogP contribution in [0.2, 0.25) is 0 Å². The highest BCUT2D eigenvalue weighted by Gasteiger charge is 2.36. The first-order valence-corrected chi connectivity index (χ1v) is 13.8. The van der Waals surface area contributed by atoms with Gasteiger partial charge < -0.3 is 30.5 Å². The Labute approximate surface area is 229 Å². The summed E-state index contributed by atoms with van der Waals surface area (Å²) in [7, 11) is 3.33. The quantitative estimate of drug-likeness (QED) is 0.468.